The number of aromatic nitrogens is 3. The zero-order chi connectivity index (χ0) is 34.5. The summed E-state index contributed by atoms with van der Waals surface area (Å²) in [5.41, 5.74) is 1.47. The third-order valence-corrected chi connectivity index (χ3v) is 9.62. The molecule has 3 atom stereocenters. The van der Waals surface area contributed by atoms with Crippen molar-refractivity contribution in [2.24, 2.45) is 11.3 Å². The van der Waals surface area contributed by atoms with Crippen molar-refractivity contribution in [2.75, 3.05) is 57.4 Å². The topological polar surface area (TPSA) is 122 Å². The van der Waals surface area contributed by atoms with Crippen molar-refractivity contribution in [3.8, 4) is 17.3 Å². The van der Waals surface area contributed by atoms with Crippen LogP contribution in [0.25, 0.3) is 32.9 Å². The average molecular weight is 807 g/mol. The fourth-order valence-electron chi connectivity index (χ4n) is 7.22. The van der Waals surface area contributed by atoms with Gasteiger partial charge in [-0.05, 0) is 67.1 Å². The van der Waals surface area contributed by atoms with Gasteiger partial charge in [0.05, 0.1) is 24.7 Å². The standard InChI is InChI=1S/C32H34F2N6O2.CH2O2.CH3.Al.FH.HI/c33-25-6-5-19-3-1-4-23-26(19)22(25)7-12-41-21-15-36-10-11-40(17-21)30-24-16-37-28(23)27(34)29(24)38-31(39-30)42-18-32-8-2-9-35-14-20(32)13-32;2-1-3;;;;/h1,3-6,16,20-21,35-36H,2,7-15,17-18H2;1H,(H,2,3);1H3;;2*1H/q;;;+2;;/p-2. The summed E-state index contributed by atoms with van der Waals surface area (Å²) in [7, 11) is 0. The van der Waals surface area contributed by atoms with Crippen LogP contribution in [0.5, 0.6) is 6.01 Å². The van der Waals surface area contributed by atoms with E-state index in [0.717, 1.165) is 37.7 Å². The molecule has 1 aliphatic carbocycles. The van der Waals surface area contributed by atoms with E-state index in [1.54, 1.807) is 24.1 Å². The number of anilines is 1. The monoisotopic (exact) mass is 806 g/mol. The van der Waals surface area contributed by atoms with Gasteiger partial charge >= 0.3 is 17.3 Å². The molecule has 2 aromatic carbocycles. The van der Waals surface area contributed by atoms with Crippen LogP contribution >= 0.6 is 20.3 Å². The van der Waals surface area contributed by atoms with Crippen molar-refractivity contribution in [1.82, 2.24) is 25.6 Å². The molecule has 15 heteroatoms. The first-order valence-corrected chi connectivity index (χ1v) is 22.3. The Morgan fingerprint density at radius 2 is 2.00 bits per heavy atom. The zero-order valence-corrected chi connectivity index (χ0v) is 30.5. The molecule has 0 radical (unpaired) electrons. The molecule has 3 N–H and O–H groups in total. The quantitative estimate of drug-likeness (QED) is 0.140. The van der Waals surface area contributed by atoms with Crippen molar-refractivity contribution in [3.63, 3.8) is 0 Å². The highest BCUT2D eigenvalue weighted by molar-refractivity contribution is 14.1. The lowest BCUT2D eigenvalue weighted by molar-refractivity contribution is -0.122. The van der Waals surface area contributed by atoms with Crippen LogP contribution in [-0.2, 0) is 16.0 Å². The lowest BCUT2D eigenvalue weighted by atomic mass is 9.94. The van der Waals surface area contributed by atoms with E-state index in [1.807, 2.05) is 32.4 Å². The molecule has 3 unspecified atom stereocenters. The number of fused-ring (bicyclic) bond motifs is 4. The van der Waals surface area contributed by atoms with Gasteiger partial charge in [-0.25, -0.2) is 8.78 Å². The summed E-state index contributed by atoms with van der Waals surface area (Å²) >= 11 is 0.147. The SMILES string of the molecule is Fc1ccc2cccc3c2c1CCOC1CNCCN(C1)c1nc(OCC24CCCNCC2C4)nc2c(F)c-3ncc12.O=CO.[CH3][Al]([F])[I]. The number of nitrogens with one attached hydrogen (secondary N) is 2. The van der Waals surface area contributed by atoms with Crippen LogP contribution in [0.1, 0.15) is 24.8 Å². The molecule has 6 heterocycles. The number of rotatable bonds is 3. The van der Waals surface area contributed by atoms with E-state index in [-0.39, 0.29) is 41.0 Å². The lowest BCUT2D eigenvalue weighted by Gasteiger charge is -2.27. The Morgan fingerprint density at radius 1 is 1.20 bits per heavy atom. The molecule has 2 saturated heterocycles. The van der Waals surface area contributed by atoms with Crippen molar-refractivity contribution >= 4 is 65.6 Å². The van der Waals surface area contributed by atoms with Gasteiger partial charge in [-0.15, -0.1) is 0 Å². The second-order valence-corrected chi connectivity index (χ2v) is 19.0. The highest BCUT2D eigenvalue weighted by Gasteiger charge is 2.54. The number of hydrogen-bond donors (Lipinski definition) is 3. The van der Waals surface area contributed by atoms with E-state index in [9.17, 15) is 3.52 Å². The summed E-state index contributed by atoms with van der Waals surface area (Å²) < 4.78 is 55.8. The van der Waals surface area contributed by atoms with E-state index in [1.165, 1.54) is 6.07 Å². The number of nitrogens with zero attached hydrogens (tertiary/aromatic N) is 4. The fraction of sp³-hybridized carbons (Fsp3) is 0.471. The Morgan fingerprint density at radius 3 is 2.82 bits per heavy atom. The number of halogens is 4. The minimum absolute atomic E-state index is 0.135. The smallest absolute Gasteiger partial charge is 0.483 e. The zero-order valence-electron chi connectivity index (χ0n) is 27.2. The van der Waals surface area contributed by atoms with Crippen molar-refractivity contribution in [3.05, 3.63) is 53.7 Å². The van der Waals surface area contributed by atoms with Gasteiger partial charge in [-0.1, -0.05) is 30.1 Å². The van der Waals surface area contributed by atoms with Gasteiger partial charge in [0.1, 0.15) is 22.8 Å². The third kappa shape index (κ3) is 8.07. The van der Waals surface area contributed by atoms with Gasteiger partial charge < -0.3 is 33.6 Å². The molecule has 10 nitrogen and oxygen atoms in total. The summed E-state index contributed by atoms with van der Waals surface area (Å²) in [5.74, 6) is 1.93. The maximum atomic E-state index is 16.7. The summed E-state index contributed by atoms with van der Waals surface area (Å²) in [6.45, 7) is 5.21. The normalized spacial score (nSPS) is 22.8. The molecule has 1 saturated carbocycles. The van der Waals surface area contributed by atoms with E-state index in [2.05, 4.69) is 25.5 Å². The van der Waals surface area contributed by atoms with Crippen LogP contribution in [0.4, 0.5) is 18.1 Å². The first-order valence-electron chi connectivity index (χ1n) is 16.6. The first kappa shape index (κ1) is 36.0. The molecule has 4 aliphatic heterocycles. The Hall–Kier alpha value is -2.81. The number of carboxylic acid groups (broad SMARTS) is 1. The fourth-order valence-corrected chi connectivity index (χ4v) is 7.22. The molecule has 2 aromatic heterocycles. The molecule has 260 valence electrons. The van der Waals surface area contributed by atoms with E-state index in [4.69, 9.17) is 24.4 Å². The maximum Gasteiger partial charge on any atom is 0.594 e. The molecule has 3 fully saturated rings. The molecule has 9 rings (SSSR count). The molecule has 0 spiro atoms. The van der Waals surface area contributed by atoms with Gasteiger partial charge in [0.15, 0.2) is 5.82 Å². The highest BCUT2D eigenvalue weighted by Crippen LogP contribution is 2.56. The second kappa shape index (κ2) is 16.0. The first-order chi connectivity index (χ1) is 23.7. The van der Waals surface area contributed by atoms with Gasteiger partial charge in [0.25, 0.3) is 6.47 Å². The second-order valence-electron chi connectivity index (χ2n) is 12.8. The lowest BCUT2D eigenvalue weighted by Crippen LogP contribution is -2.36. The van der Waals surface area contributed by atoms with Crippen LogP contribution in [0, 0.1) is 23.0 Å². The Labute approximate surface area is 298 Å². The number of benzene rings is 2. The number of carbonyl (C=O) groups is 1. The van der Waals surface area contributed by atoms with Gasteiger partial charge in [-0.2, -0.15) is 30.2 Å². The number of ether oxygens (including phenoxy) is 2. The Kier molecular flexibility index (Phi) is 11.8. The van der Waals surface area contributed by atoms with Gasteiger partial charge in [0.2, 0.25) is 0 Å². The molecule has 49 heavy (non-hydrogen) atoms. The molecular weight excluding hydrogens is 767 g/mol. The molecule has 0 amide bonds. The van der Waals surface area contributed by atoms with E-state index < -0.39 is 17.1 Å². The molecule has 5 aliphatic rings. The van der Waals surface area contributed by atoms with E-state index >= 15 is 8.78 Å². The van der Waals surface area contributed by atoms with Gasteiger partial charge in [-0.3, -0.25) is 9.78 Å². The van der Waals surface area contributed by atoms with Gasteiger partial charge in [0, 0.05) is 43.4 Å². The van der Waals surface area contributed by atoms with Crippen LogP contribution in [0.2, 0.25) is 5.79 Å². The third-order valence-electron chi connectivity index (χ3n) is 9.62. The summed E-state index contributed by atoms with van der Waals surface area (Å²) in [6.07, 6.45) is 5.19. The Bertz CT molecular complexity index is 1810. The maximum absolute atomic E-state index is 16.7. The van der Waals surface area contributed by atoms with E-state index in [0.29, 0.717) is 79.4 Å². The minimum Gasteiger partial charge on any atom is -0.483 e. The van der Waals surface area contributed by atoms with Crippen molar-refractivity contribution < 1.29 is 31.7 Å². The summed E-state index contributed by atoms with van der Waals surface area (Å²) in [5, 5.41) is 15.8. The number of hydrogen-bond acceptors (Lipinski definition) is 9. The predicted molar refractivity (Wildman–Crippen MR) is 192 cm³/mol. The summed E-state index contributed by atoms with van der Waals surface area (Å²) in [4.78, 5) is 24.6. The number of pyridine rings is 1. The van der Waals surface area contributed by atoms with Crippen LogP contribution in [-0.4, -0.2) is 96.4 Å². The molecule has 6 bridgehead atoms. The minimum atomic E-state index is -1.67. The average Bonchev–Trinajstić information content (AvgIpc) is 3.84. The largest absolute Gasteiger partial charge is 0.594 e. The molecular formula is C34H39AlF3IN6O4. The predicted octanol–water partition coefficient (Wildman–Crippen LogP) is 5.45. The molecule has 4 aromatic rings. The van der Waals surface area contributed by atoms with Crippen LogP contribution in [0.15, 0.2) is 36.5 Å². The Balaban J connectivity index is 0.000000548. The summed E-state index contributed by atoms with van der Waals surface area (Å²) in [6, 6.07) is 8.95. The highest BCUT2D eigenvalue weighted by atomic mass is 127. The van der Waals surface area contributed by atoms with Crippen molar-refractivity contribution in [1.29, 1.82) is 0 Å². The van der Waals surface area contributed by atoms with Crippen LogP contribution < -0.4 is 20.3 Å². The van der Waals surface area contributed by atoms with Crippen LogP contribution in [0.3, 0.4) is 0 Å². The van der Waals surface area contributed by atoms with Crippen molar-refractivity contribution in [2.45, 2.75) is 37.6 Å².